The highest BCUT2D eigenvalue weighted by Crippen LogP contribution is 2.23. The van der Waals surface area contributed by atoms with E-state index < -0.39 is 0 Å². The van der Waals surface area contributed by atoms with Crippen LogP contribution in [0.15, 0.2) is 16.7 Å². The number of nitrogens with one attached hydrogen (secondary N) is 1. The van der Waals surface area contributed by atoms with Gasteiger partial charge in [-0.25, -0.2) is 4.98 Å². The summed E-state index contributed by atoms with van der Waals surface area (Å²) in [5, 5.41) is 3.45. The molecule has 0 fully saturated rings. The largest absolute Gasteiger partial charge is 0.365 e. The van der Waals surface area contributed by atoms with Gasteiger partial charge in [-0.2, -0.15) is 0 Å². The molecule has 0 saturated carbocycles. The first-order chi connectivity index (χ1) is 8.08. The van der Waals surface area contributed by atoms with Gasteiger partial charge in [-0.3, -0.25) is 0 Å². The van der Waals surface area contributed by atoms with Crippen molar-refractivity contribution in [2.75, 3.05) is 25.0 Å². The van der Waals surface area contributed by atoms with Crippen LogP contribution in [0.4, 0.5) is 5.82 Å². The van der Waals surface area contributed by atoms with Crippen LogP contribution in [0.1, 0.15) is 26.3 Å². The SMILES string of the molecule is CCN(CC)CC(C)Nc1nccc(C)c1Br. The molecule has 0 amide bonds. The zero-order chi connectivity index (χ0) is 12.8. The summed E-state index contributed by atoms with van der Waals surface area (Å²) in [7, 11) is 0. The van der Waals surface area contributed by atoms with Crippen molar-refractivity contribution in [3.05, 3.63) is 22.3 Å². The Morgan fingerprint density at radius 3 is 2.65 bits per heavy atom. The van der Waals surface area contributed by atoms with Crippen LogP contribution in [0.25, 0.3) is 0 Å². The van der Waals surface area contributed by atoms with Crippen LogP contribution >= 0.6 is 15.9 Å². The van der Waals surface area contributed by atoms with Gasteiger partial charge in [0.05, 0.1) is 4.47 Å². The van der Waals surface area contributed by atoms with Crippen LogP contribution in [0.5, 0.6) is 0 Å². The first kappa shape index (κ1) is 14.5. The molecule has 0 aromatic carbocycles. The Bertz CT molecular complexity index is 351. The highest BCUT2D eigenvalue weighted by molar-refractivity contribution is 9.10. The molecule has 4 heteroatoms. The molecule has 3 nitrogen and oxygen atoms in total. The zero-order valence-corrected chi connectivity index (χ0v) is 12.7. The Morgan fingerprint density at radius 1 is 1.41 bits per heavy atom. The average Bonchev–Trinajstić information content (AvgIpc) is 2.32. The molecule has 96 valence electrons. The van der Waals surface area contributed by atoms with E-state index in [4.69, 9.17) is 0 Å². The molecular formula is C13H22BrN3. The van der Waals surface area contributed by atoms with Gasteiger partial charge in [0.1, 0.15) is 5.82 Å². The van der Waals surface area contributed by atoms with Crippen LogP contribution in [-0.2, 0) is 0 Å². The number of anilines is 1. The number of aryl methyl sites for hydroxylation is 1. The van der Waals surface area contributed by atoms with Gasteiger partial charge in [0, 0.05) is 18.8 Å². The lowest BCUT2D eigenvalue weighted by molar-refractivity contribution is 0.294. The maximum Gasteiger partial charge on any atom is 0.140 e. The molecule has 0 aliphatic rings. The van der Waals surface area contributed by atoms with Gasteiger partial charge in [-0.15, -0.1) is 0 Å². The number of likely N-dealkylation sites (N-methyl/N-ethyl adjacent to an activating group) is 1. The van der Waals surface area contributed by atoms with E-state index in [0.29, 0.717) is 6.04 Å². The van der Waals surface area contributed by atoms with Crippen molar-refractivity contribution in [1.82, 2.24) is 9.88 Å². The summed E-state index contributed by atoms with van der Waals surface area (Å²) in [5.74, 6) is 0.935. The number of halogens is 1. The van der Waals surface area contributed by atoms with Crippen molar-refractivity contribution in [2.24, 2.45) is 0 Å². The molecule has 1 rings (SSSR count). The van der Waals surface area contributed by atoms with E-state index in [0.717, 1.165) is 29.9 Å². The second kappa shape index (κ2) is 6.97. The predicted octanol–water partition coefficient (Wildman–Crippen LogP) is 3.29. The monoisotopic (exact) mass is 299 g/mol. The molecule has 1 heterocycles. The van der Waals surface area contributed by atoms with Gasteiger partial charge in [0.2, 0.25) is 0 Å². The van der Waals surface area contributed by atoms with Crippen molar-refractivity contribution in [3.8, 4) is 0 Å². The van der Waals surface area contributed by atoms with E-state index >= 15 is 0 Å². The van der Waals surface area contributed by atoms with Crippen molar-refractivity contribution < 1.29 is 0 Å². The predicted molar refractivity (Wildman–Crippen MR) is 77.5 cm³/mol. The quantitative estimate of drug-likeness (QED) is 0.874. The van der Waals surface area contributed by atoms with Gasteiger partial charge in [0.25, 0.3) is 0 Å². The molecule has 1 aromatic heterocycles. The van der Waals surface area contributed by atoms with Crippen molar-refractivity contribution >= 4 is 21.7 Å². The number of rotatable bonds is 6. The number of pyridine rings is 1. The summed E-state index contributed by atoms with van der Waals surface area (Å²) < 4.78 is 1.06. The Morgan fingerprint density at radius 2 is 2.06 bits per heavy atom. The second-order valence-corrected chi connectivity index (χ2v) is 5.11. The molecule has 1 aromatic rings. The van der Waals surface area contributed by atoms with Crippen LogP contribution in [0.3, 0.4) is 0 Å². The van der Waals surface area contributed by atoms with Crippen molar-refractivity contribution in [2.45, 2.75) is 33.7 Å². The third-order valence-electron chi connectivity index (χ3n) is 2.89. The third-order valence-corrected chi connectivity index (χ3v) is 3.89. The molecule has 1 atom stereocenters. The molecule has 0 spiro atoms. The summed E-state index contributed by atoms with van der Waals surface area (Å²) in [4.78, 5) is 6.77. The summed E-state index contributed by atoms with van der Waals surface area (Å²) >= 11 is 3.57. The number of hydrogen-bond donors (Lipinski definition) is 1. The highest BCUT2D eigenvalue weighted by Gasteiger charge is 2.10. The van der Waals surface area contributed by atoms with Gasteiger partial charge in [-0.1, -0.05) is 13.8 Å². The molecule has 1 N–H and O–H groups in total. The molecule has 0 saturated heterocycles. The lowest BCUT2D eigenvalue weighted by atomic mass is 10.2. The first-order valence-electron chi connectivity index (χ1n) is 6.18. The molecular weight excluding hydrogens is 278 g/mol. The maximum atomic E-state index is 4.36. The number of nitrogens with zero attached hydrogens (tertiary/aromatic N) is 2. The standard InChI is InChI=1S/C13H22BrN3/c1-5-17(6-2)9-11(4)16-13-12(14)10(3)7-8-15-13/h7-8,11H,5-6,9H2,1-4H3,(H,15,16). The van der Waals surface area contributed by atoms with Crippen LogP contribution in [0, 0.1) is 6.92 Å². The molecule has 1 unspecified atom stereocenters. The number of aromatic nitrogens is 1. The molecule has 0 aliphatic heterocycles. The zero-order valence-electron chi connectivity index (χ0n) is 11.1. The fourth-order valence-corrected chi connectivity index (χ4v) is 2.14. The highest BCUT2D eigenvalue weighted by atomic mass is 79.9. The minimum atomic E-state index is 0.389. The Balaban J connectivity index is 2.61. The van der Waals surface area contributed by atoms with Gasteiger partial charge >= 0.3 is 0 Å². The Kier molecular flexibility index (Phi) is 5.92. The maximum absolute atomic E-state index is 4.36. The molecule has 0 aliphatic carbocycles. The minimum absolute atomic E-state index is 0.389. The van der Waals surface area contributed by atoms with Crippen molar-refractivity contribution in [1.29, 1.82) is 0 Å². The van der Waals surface area contributed by atoms with E-state index in [1.165, 1.54) is 5.56 Å². The molecule has 0 radical (unpaired) electrons. The Labute approximate surface area is 113 Å². The van der Waals surface area contributed by atoms with Crippen LogP contribution in [-0.4, -0.2) is 35.6 Å². The van der Waals surface area contributed by atoms with E-state index in [2.05, 4.69) is 58.8 Å². The van der Waals surface area contributed by atoms with Gasteiger partial charge < -0.3 is 10.2 Å². The fourth-order valence-electron chi connectivity index (χ4n) is 1.79. The van der Waals surface area contributed by atoms with Crippen LogP contribution < -0.4 is 5.32 Å². The second-order valence-electron chi connectivity index (χ2n) is 4.32. The number of hydrogen-bond acceptors (Lipinski definition) is 3. The molecule has 0 bridgehead atoms. The minimum Gasteiger partial charge on any atom is -0.365 e. The van der Waals surface area contributed by atoms with E-state index in [-0.39, 0.29) is 0 Å². The normalized spacial score (nSPS) is 12.8. The van der Waals surface area contributed by atoms with Crippen LogP contribution in [0.2, 0.25) is 0 Å². The van der Waals surface area contributed by atoms with E-state index in [1.807, 2.05) is 12.3 Å². The lowest BCUT2D eigenvalue weighted by Crippen LogP contribution is -2.35. The summed E-state index contributed by atoms with van der Waals surface area (Å²) in [6, 6.07) is 2.39. The average molecular weight is 300 g/mol. The van der Waals surface area contributed by atoms with Gasteiger partial charge in [0.15, 0.2) is 0 Å². The fraction of sp³-hybridized carbons (Fsp3) is 0.615. The Hall–Kier alpha value is -0.610. The van der Waals surface area contributed by atoms with Crippen molar-refractivity contribution in [3.63, 3.8) is 0 Å². The third kappa shape index (κ3) is 4.28. The van der Waals surface area contributed by atoms with E-state index in [1.54, 1.807) is 0 Å². The smallest absolute Gasteiger partial charge is 0.140 e. The lowest BCUT2D eigenvalue weighted by Gasteiger charge is -2.24. The summed E-state index contributed by atoms with van der Waals surface area (Å²) in [5.41, 5.74) is 1.21. The topological polar surface area (TPSA) is 28.2 Å². The summed E-state index contributed by atoms with van der Waals surface area (Å²) in [6.07, 6.45) is 1.84. The van der Waals surface area contributed by atoms with Gasteiger partial charge in [-0.05, 0) is 54.5 Å². The molecule has 17 heavy (non-hydrogen) atoms. The van der Waals surface area contributed by atoms with E-state index in [9.17, 15) is 0 Å². The first-order valence-corrected chi connectivity index (χ1v) is 6.97. The summed E-state index contributed by atoms with van der Waals surface area (Å²) in [6.45, 7) is 11.9.